The zero-order chi connectivity index (χ0) is 18.4. The number of benzene rings is 2. The molecular weight excluding hydrogens is 340 g/mol. The molecule has 0 aliphatic rings. The standard InChI is InChI=1S/C22H24N2OS/c1-16(2)22-23-19(15-26-22)14-21(25)24-20(18-11-7-4-8-12-18)13-17-9-5-3-6-10-17/h3-12,15-16,20H,13-14H2,1-2H3,(H,24,25). The van der Waals surface area contributed by atoms with E-state index >= 15 is 0 Å². The smallest absolute Gasteiger partial charge is 0.226 e. The Hall–Kier alpha value is -2.46. The van der Waals surface area contributed by atoms with Gasteiger partial charge in [-0.15, -0.1) is 11.3 Å². The fraction of sp³-hybridized carbons (Fsp3) is 0.273. The van der Waals surface area contributed by atoms with E-state index < -0.39 is 0 Å². The van der Waals surface area contributed by atoms with Crippen molar-refractivity contribution >= 4 is 17.2 Å². The molecule has 2 aromatic carbocycles. The molecule has 1 atom stereocenters. The van der Waals surface area contributed by atoms with Gasteiger partial charge in [-0.05, 0) is 17.5 Å². The summed E-state index contributed by atoms with van der Waals surface area (Å²) in [6.45, 7) is 4.24. The van der Waals surface area contributed by atoms with E-state index in [4.69, 9.17) is 0 Å². The van der Waals surface area contributed by atoms with Crippen LogP contribution < -0.4 is 5.32 Å². The maximum atomic E-state index is 12.6. The minimum Gasteiger partial charge on any atom is -0.349 e. The fourth-order valence-electron chi connectivity index (χ4n) is 2.87. The normalized spacial score (nSPS) is 12.1. The first-order chi connectivity index (χ1) is 12.6. The van der Waals surface area contributed by atoms with Crippen LogP contribution in [0, 0.1) is 0 Å². The summed E-state index contributed by atoms with van der Waals surface area (Å²) in [5.41, 5.74) is 3.17. The second kappa shape index (κ2) is 8.77. The summed E-state index contributed by atoms with van der Waals surface area (Å²) in [6.07, 6.45) is 1.09. The first-order valence-corrected chi connectivity index (χ1v) is 9.82. The van der Waals surface area contributed by atoms with Gasteiger partial charge in [0.2, 0.25) is 5.91 Å². The van der Waals surface area contributed by atoms with Crippen molar-refractivity contribution in [2.45, 2.75) is 38.6 Å². The van der Waals surface area contributed by atoms with Crippen LogP contribution in [0.5, 0.6) is 0 Å². The van der Waals surface area contributed by atoms with Crippen molar-refractivity contribution < 1.29 is 4.79 Å². The lowest BCUT2D eigenvalue weighted by molar-refractivity contribution is -0.121. The molecule has 134 valence electrons. The molecule has 0 bridgehead atoms. The Labute approximate surface area is 159 Å². The quantitative estimate of drug-likeness (QED) is 0.647. The van der Waals surface area contributed by atoms with E-state index in [1.807, 2.05) is 41.8 Å². The number of nitrogens with zero attached hydrogens (tertiary/aromatic N) is 1. The highest BCUT2D eigenvalue weighted by atomic mass is 32.1. The van der Waals surface area contributed by atoms with Crippen LogP contribution in [0.4, 0.5) is 0 Å². The lowest BCUT2D eigenvalue weighted by Crippen LogP contribution is -2.31. The van der Waals surface area contributed by atoms with Crippen molar-refractivity contribution in [3.05, 3.63) is 87.9 Å². The number of carbonyl (C=O) groups excluding carboxylic acids is 1. The zero-order valence-electron chi connectivity index (χ0n) is 15.2. The summed E-state index contributed by atoms with van der Waals surface area (Å²) in [6, 6.07) is 20.3. The van der Waals surface area contributed by atoms with Gasteiger partial charge in [-0.3, -0.25) is 4.79 Å². The lowest BCUT2D eigenvalue weighted by Gasteiger charge is -2.19. The van der Waals surface area contributed by atoms with Crippen LogP contribution in [0.3, 0.4) is 0 Å². The Kier molecular flexibility index (Phi) is 6.18. The first kappa shape index (κ1) is 18.3. The highest BCUT2D eigenvalue weighted by molar-refractivity contribution is 7.09. The van der Waals surface area contributed by atoms with Crippen molar-refractivity contribution in [3.63, 3.8) is 0 Å². The number of amides is 1. The van der Waals surface area contributed by atoms with E-state index in [9.17, 15) is 4.79 Å². The highest BCUT2D eigenvalue weighted by Crippen LogP contribution is 2.21. The van der Waals surface area contributed by atoms with Crippen molar-refractivity contribution in [1.82, 2.24) is 10.3 Å². The van der Waals surface area contributed by atoms with Crippen LogP contribution in [0.1, 0.15) is 47.6 Å². The summed E-state index contributed by atoms with van der Waals surface area (Å²) in [4.78, 5) is 17.2. The van der Waals surface area contributed by atoms with Gasteiger partial charge in [-0.1, -0.05) is 74.5 Å². The molecule has 0 spiro atoms. The molecule has 0 aliphatic heterocycles. The molecule has 1 amide bonds. The van der Waals surface area contributed by atoms with Crippen LogP contribution in [-0.4, -0.2) is 10.9 Å². The van der Waals surface area contributed by atoms with Crippen LogP contribution in [0.2, 0.25) is 0 Å². The largest absolute Gasteiger partial charge is 0.349 e. The van der Waals surface area contributed by atoms with Gasteiger partial charge < -0.3 is 5.32 Å². The van der Waals surface area contributed by atoms with E-state index in [2.05, 4.69) is 48.4 Å². The monoisotopic (exact) mass is 364 g/mol. The Morgan fingerprint density at radius 2 is 1.69 bits per heavy atom. The van der Waals surface area contributed by atoms with Crippen LogP contribution >= 0.6 is 11.3 Å². The average Bonchev–Trinajstić information content (AvgIpc) is 3.11. The molecule has 1 N–H and O–H groups in total. The fourth-order valence-corrected chi connectivity index (χ4v) is 3.70. The van der Waals surface area contributed by atoms with Gasteiger partial charge in [0, 0.05) is 11.3 Å². The van der Waals surface area contributed by atoms with E-state index in [0.717, 1.165) is 22.7 Å². The minimum atomic E-state index is -0.0469. The van der Waals surface area contributed by atoms with E-state index in [1.165, 1.54) is 5.56 Å². The summed E-state index contributed by atoms with van der Waals surface area (Å²) >= 11 is 1.63. The second-order valence-corrected chi connectivity index (χ2v) is 7.62. The van der Waals surface area contributed by atoms with Crippen molar-refractivity contribution in [2.24, 2.45) is 0 Å². The summed E-state index contributed by atoms with van der Waals surface area (Å²) in [7, 11) is 0. The van der Waals surface area contributed by atoms with Crippen LogP contribution in [-0.2, 0) is 17.6 Å². The van der Waals surface area contributed by atoms with Gasteiger partial charge in [0.05, 0.1) is 23.2 Å². The molecule has 0 aliphatic carbocycles. The Balaban J connectivity index is 1.71. The molecule has 1 heterocycles. The molecule has 26 heavy (non-hydrogen) atoms. The molecule has 3 nitrogen and oxygen atoms in total. The van der Waals surface area contributed by atoms with Gasteiger partial charge in [0.25, 0.3) is 0 Å². The molecule has 0 radical (unpaired) electrons. The third-order valence-corrected chi connectivity index (χ3v) is 5.42. The number of carbonyl (C=O) groups is 1. The molecule has 4 heteroatoms. The zero-order valence-corrected chi connectivity index (χ0v) is 16.0. The molecule has 3 aromatic rings. The summed E-state index contributed by atoms with van der Waals surface area (Å²) < 4.78 is 0. The number of nitrogens with one attached hydrogen (secondary N) is 1. The third kappa shape index (κ3) is 5.02. The van der Waals surface area contributed by atoms with Crippen molar-refractivity contribution in [3.8, 4) is 0 Å². The van der Waals surface area contributed by atoms with Crippen molar-refractivity contribution in [2.75, 3.05) is 0 Å². The van der Waals surface area contributed by atoms with E-state index in [-0.39, 0.29) is 11.9 Å². The molecule has 0 saturated carbocycles. The van der Waals surface area contributed by atoms with Crippen LogP contribution in [0.25, 0.3) is 0 Å². The first-order valence-electron chi connectivity index (χ1n) is 8.94. The molecule has 0 saturated heterocycles. The number of hydrogen-bond acceptors (Lipinski definition) is 3. The molecule has 1 aromatic heterocycles. The Bertz CT molecular complexity index is 828. The second-order valence-electron chi connectivity index (χ2n) is 6.73. The van der Waals surface area contributed by atoms with Crippen molar-refractivity contribution in [1.29, 1.82) is 0 Å². The molecular formula is C22H24N2OS. The predicted molar refractivity (Wildman–Crippen MR) is 107 cm³/mol. The number of thiazole rings is 1. The number of hydrogen-bond donors (Lipinski definition) is 1. The summed E-state index contributed by atoms with van der Waals surface area (Å²) in [5.74, 6) is 0.405. The van der Waals surface area contributed by atoms with Crippen LogP contribution in [0.15, 0.2) is 66.0 Å². The topological polar surface area (TPSA) is 42.0 Å². The third-order valence-electron chi connectivity index (χ3n) is 4.22. The number of aromatic nitrogens is 1. The predicted octanol–water partition coefficient (Wildman–Crippen LogP) is 4.91. The van der Waals surface area contributed by atoms with Gasteiger partial charge in [-0.2, -0.15) is 0 Å². The molecule has 0 fully saturated rings. The van der Waals surface area contributed by atoms with Gasteiger partial charge in [0.1, 0.15) is 0 Å². The minimum absolute atomic E-state index is 0.00962. The van der Waals surface area contributed by atoms with Gasteiger partial charge in [-0.25, -0.2) is 4.98 Å². The summed E-state index contributed by atoms with van der Waals surface area (Å²) in [5, 5.41) is 6.26. The lowest BCUT2D eigenvalue weighted by atomic mass is 9.98. The molecule has 1 unspecified atom stereocenters. The molecule has 3 rings (SSSR count). The maximum Gasteiger partial charge on any atom is 0.226 e. The van der Waals surface area contributed by atoms with E-state index in [0.29, 0.717) is 12.3 Å². The highest BCUT2D eigenvalue weighted by Gasteiger charge is 2.17. The Morgan fingerprint density at radius 3 is 2.31 bits per heavy atom. The van der Waals surface area contributed by atoms with Gasteiger partial charge in [0.15, 0.2) is 0 Å². The SMILES string of the molecule is CC(C)c1nc(CC(=O)NC(Cc2ccccc2)c2ccccc2)cs1. The maximum absolute atomic E-state index is 12.6. The van der Waals surface area contributed by atoms with Gasteiger partial charge >= 0.3 is 0 Å². The Morgan fingerprint density at radius 1 is 1.04 bits per heavy atom. The van der Waals surface area contributed by atoms with E-state index in [1.54, 1.807) is 11.3 Å². The average molecular weight is 365 g/mol. The number of rotatable bonds is 7.